The molecule has 1 aliphatic rings. The lowest BCUT2D eigenvalue weighted by Crippen LogP contribution is -2.44. The van der Waals surface area contributed by atoms with Crippen molar-refractivity contribution in [3.8, 4) is 17.6 Å². The number of hydrogen-bond acceptors (Lipinski definition) is 4. The van der Waals surface area contributed by atoms with Crippen LogP contribution < -0.4 is 9.47 Å². The summed E-state index contributed by atoms with van der Waals surface area (Å²) < 4.78 is 10.8. The molecule has 0 radical (unpaired) electrons. The van der Waals surface area contributed by atoms with Crippen LogP contribution in [0.3, 0.4) is 0 Å². The fraction of sp³-hybridized carbons (Fsp3) is 0.529. The Morgan fingerprint density at radius 2 is 2.04 bits per heavy atom. The maximum Gasteiger partial charge on any atom is 0.260 e. The summed E-state index contributed by atoms with van der Waals surface area (Å²) in [5.74, 6) is 1.57. The normalized spacial score (nSPS) is 20.7. The molecule has 0 unspecified atom stereocenters. The second-order valence-electron chi connectivity index (χ2n) is 6.13. The van der Waals surface area contributed by atoms with Gasteiger partial charge in [-0.2, -0.15) is 5.26 Å². The molecule has 1 heterocycles. The van der Waals surface area contributed by atoms with Gasteiger partial charge in [0.15, 0.2) is 18.1 Å². The van der Waals surface area contributed by atoms with E-state index in [1.165, 1.54) is 19.2 Å². The van der Waals surface area contributed by atoms with Crippen LogP contribution in [0.4, 0.5) is 0 Å². The minimum absolute atomic E-state index is 0.0640. The number of amides is 1. The predicted octanol–water partition coefficient (Wildman–Crippen LogP) is 3.10. The molecule has 0 bridgehead atoms. The Balaban J connectivity index is 2.06. The summed E-state index contributed by atoms with van der Waals surface area (Å²) in [6, 6.07) is 5.03. The summed E-state index contributed by atoms with van der Waals surface area (Å²) >= 11 is 6.13. The van der Waals surface area contributed by atoms with Gasteiger partial charge >= 0.3 is 0 Å². The number of benzene rings is 1. The summed E-state index contributed by atoms with van der Waals surface area (Å²) in [5, 5.41) is 9.20. The number of carbonyl (C=O) groups excluding carboxylic acids is 1. The van der Waals surface area contributed by atoms with Gasteiger partial charge in [0.1, 0.15) is 0 Å². The van der Waals surface area contributed by atoms with Crippen molar-refractivity contribution in [2.45, 2.75) is 20.3 Å². The van der Waals surface area contributed by atoms with Crippen LogP contribution in [0.2, 0.25) is 5.02 Å². The van der Waals surface area contributed by atoms with Gasteiger partial charge in [0.2, 0.25) is 0 Å². The summed E-state index contributed by atoms with van der Waals surface area (Å²) in [4.78, 5) is 14.2. The van der Waals surface area contributed by atoms with Crippen LogP contribution in [0.1, 0.15) is 25.8 Å². The number of halogens is 1. The minimum atomic E-state index is -0.0958. The van der Waals surface area contributed by atoms with Gasteiger partial charge < -0.3 is 14.4 Å². The molecular formula is C17H21ClN2O3. The largest absolute Gasteiger partial charge is 0.493 e. The van der Waals surface area contributed by atoms with Gasteiger partial charge in [0.25, 0.3) is 5.91 Å². The first kappa shape index (κ1) is 17.4. The summed E-state index contributed by atoms with van der Waals surface area (Å²) in [7, 11) is 1.47. The first-order valence-corrected chi connectivity index (χ1v) is 8.00. The second kappa shape index (κ2) is 7.56. The molecule has 1 saturated heterocycles. The van der Waals surface area contributed by atoms with Crippen molar-refractivity contribution in [2.75, 3.05) is 26.8 Å². The van der Waals surface area contributed by atoms with Crippen molar-refractivity contribution in [1.82, 2.24) is 4.90 Å². The number of likely N-dealkylation sites (tertiary alicyclic amines) is 1. The fourth-order valence-electron chi connectivity index (χ4n) is 3.02. The zero-order valence-electron chi connectivity index (χ0n) is 13.6. The number of carbonyl (C=O) groups is 1. The monoisotopic (exact) mass is 336 g/mol. The number of hydrogen-bond donors (Lipinski definition) is 0. The summed E-state index contributed by atoms with van der Waals surface area (Å²) in [5.41, 5.74) is 0.379. The Morgan fingerprint density at radius 1 is 1.39 bits per heavy atom. The number of nitrogens with zero attached hydrogens (tertiary/aromatic N) is 2. The maximum absolute atomic E-state index is 12.4. The van der Waals surface area contributed by atoms with Gasteiger partial charge in [-0.1, -0.05) is 25.4 Å². The number of piperidine rings is 1. The molecule has 0 aliphatic carbocycles. The van der Waals surface area contributed by atoms with E-state index < -0.39 is 0 Å². The highest BCUT2D eigenvalue weighted by Crippen LogP contribution is 2.36. The van der Waals surface area contributed by atoms with E-state index in [1.807, 2.05) is 11.0 Å². The molecule has 2 atom stereocenters. The van der Waals surface area contributed by atoms with E-state index in [0.29, 0.717) is 28.9 Å². The molecule has 0 N–H and O–H groups in total. The van der Waals surface area contributed by atoms with E-state index >= 15 is 0 Å². The molecule has 1 aromatic carbocycles. The van der Waals surface area contributed by atoms with Crippen molar-refractivity contribution < 1.29 is 14.3 Å². The van der Waals surface area contributed by atoms with Crippen molar-refractivity contribution in [2.24, 2.45) is 11.8 Å². The van der Waals surface area contributed by atoms with E-state index in [1.54, 1.807) is 0 Å². The highest BCUT2D eigenvalue weighted by molar-refractivity contribution is 6.32. The highest BCUT2D eigenvalue weighted by Gasteiger charge is 2.26. The zero-order chi connectivity index (χ0) is 17.0. The topological polar surface area (TPSA) is 62.6 Å². The Bertz CT molecular complexity index is 617. The lowest BCUT2D eigenvalue weighted by atomic mass is 9.92. The van der Waals surface area contributed by atoms with Crippen LogP contribution in [0.25, 0.3) is 0 Å². The second-order valence-corrected chi connectivity index (χ2v) is 6.54. The molecule has 6 heteroatoms. The molecule has 2 rings (SSSR count). The number of nitriles is 1. The first-order valence-electron chi connectivity index (χ1n) is 7.62. The summed E-state index contributed by atoms with van der Waals surface area (Å²) in [6.45, 7) is 5.71. The van der Waals surface area contributed by atoms with Crippen molar-refractivity contribution >= 4 is 17.5 Å². The van der Waals surface area contributed by atoms with Crippen LogP contribution in [-0.2, 0) is 4.79 Å². The number of ether oxygens (including phenoxy) is 2. The molecule has 1 aliphatic heterocycles. The van der Waals surface area contributed by atoms with Crippen LogP contribution in [0.15, 0.2) is 12.1 Å². The van der Waals surface area contributed by atoms with Crippen LogP contribution >= 0.6 is 11.6 Å². The Hall–Kier alpha value is -1.93. The standard InChI is InChI=1S/C17H21ClN2O3/c1-11-4-12(2)9-20(8-11)16(21)10-23-17-14(18)5-13(7-19)6-15(17)22-3/h5-6,11-12H,4,8-10H2,1-3H3/t11-,12-/m1/s1. The molecule has 1 fully saturated rings. The van der Waals surface area contributed by atoms with E-state index in [-0.39, 0.29) is 17.5 Å². The smallest absolute Gasteiger partial charge is 0.260 e. The van der Waals surface area contributed by atoms with E-state index in [9.17, 15) is 4.79 Å². The van der Waals surface area contributed by atoms with Crippen LogP contribution in [0.5, 0.6) is 11.5 Å². The molecule has 5 nitrogen and oxygen atoms in total. The average Bonchev–Trinajstić information content (AvgIpc) is 2.51. The molecule has 1 amide bonds. The number of rotatable bonds is 4. The zero-order valence-corrected chi connectivity index (χ0v) is 14.4. The molecule has 124 valence electrons. The molecule has 23 heavy (non-hydrogen) atoms. The molecular weight excluding hydrogens is 316 g/mol. The first-order chi connectivity index (χ1) is 10.9. The third kappa shape index (κ3) is 4.29. The Kier molecular flexibility index (Phi) is 5.73. The predicted molar refractivity (Wildman–Crippen MR) is 87.7 cm³/mol. The van der Waals surface area contributed by atoms with Crippen molar-refractivity contribution in [3.05, 3.63) is 22.7 Å². The van der Waals surface area contributed by atoms with Crippen molar-refractivity contribution in [1.29, 1.82) is 5.26 Å². The van der Waals surface area contributed by atoms with Crippen molar-refractivity contribution in [3.63, 3.8) is 0 Å². The minimum Gasteiger partial charge on any atom is -0.493 e. The highest BCUT2D eigenvalue weighted by atomic mass is 35.5. The maximum atomic E-state index is 12.4. The van der Waals surface area contributed by atoms with E-state index in [2.05, 4.69) is 13.8 Å². The van der Waals surface area contributed by atoms with Gasteiger partial charge in [0, 0.05) is 19.2 Å². The third-order valence-electron chi connectivity index (χ3n) is 3.92. The Labute approximate surface area is 141 Å². The lowest BCUT2D eigenvalue weighted by molar-refractivity contribution is -0.136. The average molecular weight is 337 g/mol. The number of methoxy groups -OCH3 is 1. The van der Waals surface area contributed by atoms with E-state index in [0.717, 1.165) is 19.5 Å². The molecule has 0 spiro atoms. The molecule has 0 saturated carbocycles. The molecule has 1 aromatic rings. The van der Waals surface area contributed by atoms with Crippen LogP contribution in [0, 0.1) is 23.2 Å². The SMILES string of the molecule is COc1cc(C#N)cc(Cl)c1OCC(=O)N1C[C@H](C)C[C@@H](C)C1. The Morgan fingerprint density at radius 3 is 2.61 bits per heavy atom. The van der Waals surface area contributed by atoms with Crippen LogP contribution in [-0.4, -0.2) is 37.6 Å². The van der Waals surface area contributed by atoms with Gasteiger partial charge in [-0.25, -0.2) is 0 Å². The van der Waals surface area contributed by atoms with E-state index in [4.69, 9.17) is 26.3 Å². The lowest BCUT2D eigenvalue weighted by Gasteiger charge is -2.34. The van der Waals surface area contributed by atoms with Gasteiger partial charge in [0.05, 0.1) is 23.8 Å². The fourth-order valence-corrected chi connectivity index (χ4v) is 3.28. The quantitative estimate of drug-likeness (QED) is 0.847. The van der Waals surface area contributed by atoms with Gasteiger partial charge in [-0.3, -0.25) is 4.79 Å². The third-order valence-corrected chi connectivity index (χ3v) is 4.20. The van der Waals surface area contributed by atoms with Gasteiger partial charge in [-0.05, 0) is 24.3 Å². The molecule has 0 aromatic heterocycles. The summed E-state index contributed by atoms with van der Waals surface area (Å²) in [6.07, 6.45) is 1.14. The van der Waals surface area contributed by atoms with Gasteiger partial charge in [-0.15, -0.1) is 0 Å².